The van der Waals surface area contributed by atoms with E-state index in [1.165, 1.54) is 5.56 Å². The number of carbonyl (C=O) groups excluding carboxylic acids is 1. The van der Waals surface area contributed by atoms with Gasteiger partial charge in [-0.05, 0) is 51.7 Å². The monoisotopic (exact) mass is 328 g/mol. The first-order valence-electron chi connectivity index (χ1n) is 8.53. The van der Waals surface area contributed by atoms with E-state index in [2.05, 4.69) is 10.3 Å². The fraction of sp³-hybridized carbons (Fsp3) is 0.500. The molecule has 0 spiro atoms. The number of carbonyl (C=O) groups is 1. The van der Waals surface area contributed by atoms with Gasteiger partial charge in [-0.1, -0.05) is 22.9 Å². The third-order valence-corrected chi connectivity index (χ3v) is 4.43. The molecule has 6 nitrogen and oxygen atoms in total. The molecular formula is C18H24N4O2. The number of aliphatic hydroxyl groups excluding tert-OH is 1. The van der Waals surface area contributed by atoms with Gasteiger partial charge >= 0.3 is 0 Å². The van der Waals surface area contributed by atoms with Crippen molar-refractivity contribution in [3.63, 3.8) is 0 Å². The molecule has 1 saturated carbocycles. The largest absolute Gasteiger partial charge is 0.396 e. The molecule has 0 atom stereocenters. The standard InChI is InChI=1S/C18H24N4O2/c1-13-5-7-16(8-6-13)22-14(2)17(19-20-22)18(24)21(15-9-10-15)11-3-4-12-23/h5-8,15,23H,3-4,9-12H2,1-2H3. The zero-order chi connectivity index (χ0) is 17.1. The summed E-state index contributed by atoms with van der Waals surface area (Å²) in [5, 5.41) is 17.3. The Morgan fingerprint density at radius 1 is 1.25 bits per heavy atom. The van der Waals surface area contributed by atoms with Crippen LogP contribution in [0.5, 0.6) is 0 Å². The second-order valence-electron chi connectivity index (χ2n) is 6.43. The number of aliphatic hydroxyl groups is 1. The zero-order valence-corrected chi connectivity index (χ0v) is 14.3. The Morgan fingerprint density at radius 3 is 2.58 bits per heavy atom. The Kier molecular flexibility index (Phi) is 4.94. The van der Waals surface area contributed by atoms with Crippen molar-refractivity contribution in [2.45, 2.75) is 45.6 Å². The highest BCUT2D eigenvalue weighted by Gasteiger charge is 2.34. The van der Waals surface area contributed by atoms with E-state index in [0.717, 1.165) is 30.6 Å². The zero-order valence-electron chi connectivity index (χ0n) is 14.3. The molecule has 1 aromatic carbocycles. The first kappa shape index (κ1) is 16.6. The molecule has 24 heavy (non-hydrogen) atoms. The molecule has 0 aliphatic heterocycles. The molecule has 1 N–H and O–H groups in total. The summed E-state index contributed by atoms with van der Waals surface area (Å²) in [5.41, 5.74) is 3.27. The topological polar surface area (TPSA) is 71.2 Å². The van der Waals surface area contributed by atoms with Gasteiger partial charge in [-0.2, -0.15) is 0 Å². The summed E-state index contributed by atoms with van der Waals surface area (Å²) < 4.78 is 1.71. The lowest BCUT2D eigenvalue weighted by molar-refractivity contribution is 0.0730. The second-order valence-corrected chi connectivity index (χ2v) is 6.43. The first-order chi connectivity index (χ1) is 11.6. The van der Waals surface area contributed by atoms with Gasteiger partial charge in [0.15, 0.2) is 5.69 Å². The molecule has 1 amide bonds. The summed E-state index contributed by atoms with van der Waals surface area (Å²) in [7, 11) is 0. The number of aryl methyl sites for hydroxylation is 1. The van der Waals surface area contributed by atoms with E-state index in [9.17, 15) is 4.79 Å². The molecule has 0 saturated heterocycles. The summed E-state index contributed by atoms with van der Waals surface area (Å²) in [6.07, 6.45) is 3.63. The lowest BCUT2D eigenvalue weighted by Gasteiger charge is -2.21. The van der Waals surface area contributed by atoms with Crippen LogP contribution in [0.3, 0.4) is 0 Å². The summed E-state index contributed by atoms with van der Waals surface area (Å²) in [5.74, 6) is -0.0497. The van der Waals surface area contributed by atoms with E-state index in [0.29, 0.717) is 24.7 Å². The molecule has 0 radical (unpaired) electrons. The van der Waals surface area contributed by atoms with E-state index >= 15 is 0 Å². The van der Waals surface area contributed by atoms with E-state index in [1.54, 1.807) is 4.68 Å². The molecule has 6 heteroatoms. The number of aromatic nitrogens is 3. The molecule has 0 unspecified atom stereocenters. The lowest BCUT2D eigenvalue weighted by Crippen LogP contribution is -2.34. The number of hydrogen-bond donors (Lipinski definition) is 1. The molecule has 1 aromatic heterocycles. The summed E-state index contributed by atoms with van der Waals surface area (Å²) >= 11 is 0. The number of benzene rings is 1. The quantitative estimate of drug-likeness (QED) is 0.792. The van der Waals surface area contributed by atoms with Crippen LogP contribution in [-0.4, -0.2) is 50.1 Å². The fourth-order valence-corrected chi connectivity index (χ4v) is 2.82. The predicted molar refractivity (Wildman–Crippen MR) is 91.2 cm³/mol. The molecule has 0 bridgehead atoms. The highest BCUT2D eigenvalue weighted by Crippen LogP contribution is 2.29. The van der Waals surface area contributed by atoms with Gasteiger partial charge in [0.1, 0.15) is 0 Å². The second kappa shape index (κ2) is 7.13. The Balaban J connectivity index is 1.80. The molecule has 1 aliphatic rings. The smallest absolute Gasteiger partial charge is 0.276 e. The van der Waals surface area contributed by atoms with Crippen LogP contribution < -0.4 is 0 Å². The summed E-state index contributed by atoms with van der Waals surface area (Å²) in [6, 6.07) is 8.31. The van der Waals surface area contributed by atoms with Crippen molar-refractivity contribution in [2.75, 3.05) is 13.2 Å². The van der Waals surface area contributed by atoms with Gasteiger partial charge in [-0.15, -0.1) is 5.10 Å². The SMILES string of the molecule is Cc1ccc(-n2nnc(C(=O)N(CCCCO)C3CC3)c2C)cc1. The number of hydrogen-bond acceptors (Lipinski definition) is 4. The lowest BCUT2D eigenvalue weighted by atomic mass is 10.2. The maximum absolute atomic E-state index is 12.9. The Morgan fingerprint density at radius 2 is 1.96 bits per heavy atom. The average Bonchev–Trinajstić information content (AvgIpc) is 3.34. The third-order valence-electron chi connectivity index (χ3n) is 4.43. The minimum Gasteiger partial charge on any atom is -0.396 e. The van der Waals surface area contributed by atoms with Crippen molar-refractivity contribution in [3.8, 4) is 5.69 Å². The van der Waals surface area contributed by atoms with Crippen LogP contribution >= 0.6 is 0 Å². The van der Waals surface area contributed by atoms with Crippen molar-refractivity contribution in [3.05, 3.63) is 41.2 Å². The van der Waals surface area contributed by atoms with Gasteiger partial charge in [-0.3, -0.25) is 4.79 Å². The summed E-state index contributed by atoms with van der Waals surface area (Å²) in [4.78, 5) is 14.8. The number of rotatable bonds is 7. The van der Waals surface area contributed by atoms with Crippen LogP contribution in [0.4, 0.5) is 0 Å². The van der Waals surface area contributed by atoms with Gasteiger partial charge in [-0.25, -0.2) is 4.68 Å². The minimum absolute atomic E-state index is 0.0497. The maximum Gasteiger partial charge on any atom is 0.276 e. The number of unbranched alkanes of at least 4 members (excludes halogenated alkanes) is 1. The molecule has 1 fully saturated rings. The van der Waals surface area contributed by atoms with Crippen LogP contribution in [0.25, 0.3) is 5.69 Å². The predicted octanol–water partition coefficient (Wildman–Crippen LogP) is 2.26. The van der Waals surface area contributed by atoms with Crippen molar-refractivity contribution in [1.29, 1.82) is 0 Å². The van der Waals surface area contributed by atoms with E-state index in [-0.39, 0.29) is 12.5 Å². The molecule has 128 valence electrons. The van der Waals surface area contributed by atoms with Crippen molar-refractivity contribution in [2.24, 2.45) is 0 Å². The minimum atomic E-state index is -0.0497. The molecule has 2 aromatic rings. The van der Waals surface area contributed by atoms with Crippen LogP contribution in [0, 0.1) is 13.8 Å². The van der Waals surface area contributed by atoms with Crippen molar-refractivity contribution >= 4 is 5.91 Å². The van der Waals surface area contributed by atoms with Crippen molar-refractivity contribution in [1.82, 2.24) is 19.9 Å². The number of nitrogens with zero attached hydrogens (tertiary/aromatic N) is 4. The highest BCUT2D eigenvalue weighted by molar-refractivity contribution is 5.93. The molecule has 1 aliphatic carbocycles. The normalized spacial score (nSPS) is 14.0. The average molecular weight is 328 g/mol. The molecular weight excluding hydrogens is 304 g/mol. The van der Waals surface area contributed by atoms with Gasteiger partial charge in [0.05, 0.1) is 11.4 Å². The fourth-order valence-electron chi connectivity index (χ4n) is 2.82. The van der Waals surface area contributed by atoms with E-state index in [4.69, 9.17) is 5.11 Å². The van der Waals surface area contributed by atoms with Gasteiger partial charge in [0.2, 0.25) is 0 Å². The highest BCUT2D eigenvalue weighted by atomic mass is 16.3. The van der Waals surface area contributed by atoms with Crippen LogP contribution in [0.1, 0.15) is 47.4 Å². The van der Waals surface area contributed by atoms with Gasteiger partial charge < -0.3 is 10.0 Å². The van der Waals surface area contributed by atoms with Gasteiger partial charge in [0.25, 0.3) is 5.91 Å². The van der Waals surface area contributed by atoms with E-state index < -0.39 is 0 Å². The summed E-state index contributed by atoms with van der Waals surface area (Å²) in [6.45, 7) is 4.74. The number of amides is 1. The van der Waals surface area contributed by atoms with Crippen LogP contribution in [0.15, 0.2) is 24.3 Å². The van der Waals surface area contributed by atoms with Crippen LogP contribution in [-0.2, 0) is 0 Å². The maximum atomic E-state index is 12.9. The van der Waals surface area contributed by atoms with Gasteiger partial charge in [0, 0.05) is 19.2 Å². The Hall–Kier alpha value is -2.21. The Bertz CT molecular complexity index is 704. The Labute approximate surface area is 142 Å². The molecule has 3 rings (SSSR count). The van der Waals surface area contributed by atoms with Crippen LogP contribution in [0.2, 0.25) is 0 Å². The van der Waals surface area contributed by atoms with Crippen molar-refractivity contribution < 1.29 is 9.90 Å². The third kappa shape index (κ3) is 3.48. The first-order valence-corrected chi connectivity index (χ1v) is 8.53. The molecule has 1 heterocycles. The van der Waals surface area contributed by atoms with E-state index in [1.807, 2.05) is 43.0 Å².